The third kappa shape index (κ3) is 3.83. The van der Waals surface area contributed by atoms with Gasteiger partial charge >= 0.3 is 0 Å². The Labute approximate surface area is 148 Å². The van der Waals surface area contributed by atoms with Gasteiger partial charge in [-0.1, -0.05) is 0 Å². The summed E-state index contributed by atoms with van der Waals surface area (Å²) in [5.41, 5.74) is 1.15. The molecule has 0 radical (unpaired) electrons. The van der Waals surface area contributed by atoms with Crippen LogP contribution >= 0.6 is 11.3 Å². The molecule has 0 bridgehead atoms. The minimum absolute atomic E-state index is 0.0639. The second-order valence-corrected chi connectivity index (χ2v) is 10.2. The molecule has 1 aromatic heterocycles. The summed E-state index contributed by atoms with van der Waals surface area (Å²) in [6.07, 6.45) is 3.37. The molecule has 2 saturated heterocycles. The lowest BCUT2D eigenvalue weighted by molar-refractivity contribution is 0.0357. The molecule has 1 atom stereocenters. The van der Waals surface area contributed by atoms with E-state index in [9.17, 15) is 8.42 Å². The van der Waals surface area contributed by atoms with Crippen LogP contribution in [0.3, 0.4) is 0 Å². The number of likely N-dealkylation sites (tertiary alicyclic amines) is 1. The van der Waals surface area contributed by atoms with Gasteiger partial charge in [-0.2, -0.15) is 0 Å². The third-order valence-electron chi connectivity index (χ3n) is 5.50. The number of aryl methyl sites for hydroxylation is 1. The number of ether oxygens (including phenoxy) is 1. The van der Waals surface area contributed by atoms with Gasteiger partial charge in [-0.3, -0.25) is 4.90 Å². The highest BCUT2D eigenvalue weighted by molar-refractivity contribution is 7.88. The monoisotopic (exact) mass is 373 g/mol. The van der Waals surface area contributed by atoms with Gasteiger partial charge < -0.3 is 4.74 Å². The van der Waals surface area contributed by atoms with E-state index in [1.165, 1.54) is 11.3 Å². The first-order valence-corrected chi connectivity index (χ1v) is 11.1. The zero-order valence-corrected chi connectivity index (χ0v) is 16.3. The van der Waals surface area contributed by atoms with Crippen LogP contribution in [0.2, 0.25) is 0 Å². The van der Waals surface area contributed by atoms with Crippen molar-refractivity contribution in [2.75, 3.05) is 46.2 Å². The van der Waals surface area contributed by atoms with E-state index in [1.807, 2.05) is 6.92 Å². The molecular weight excluding hydrogens is 346 g/mol. The van der Waals surface area contributed by atoms with Crippen LogP contribution in [0.4, 0.5) is 0 Å². The van der Waals surface area contributed by atoms with Gasteiger partial charge in [0.1, 0.15) is 5.01 Å². The van der Waals surface area contributed by atoms with Crippen molar-refractivity contribution in [3.05, 3.63) is 16.1 Å². The quantitative estimate of drug-likeness (QED) is 0.784. The van der Waals surface area contributed by atoms with Crippen molar-refractivity contribution >= 4 is 21.4 Å². The van der Waals surface area contributed by atoms with Crippen molar-refractivity contribution < 1.29 is 13.2 Å². The van der Waals surface area contributed by atoms with E-state index in [-0.39, 0.29) is 5.41 Å². The Balaban J connectivity index is 1.65. The standard InChI is InChI=1S/C16H27N3O3S2/c1-13-11-23-15(17-13)9-18-6-4-16(5-7-18)12-19(24(3,20)21)8-14(16)10-22-2/h11,14H,4-10,12H2,1-3H3. The molecule has 1 spiro atoms. The highest BCUT2D eigenvalue weighted by Crippen LogP contribution is 2.45. The van der Waals surface area contributed by atoms with E-state index in [2.05, 4.69) is 15.3 Å². The van der Waals surface area contributed by atoms with Gasteiger partial charge in [0.2, 0.25) is 10.0 Å². The Morgan fingerprint density at radius 2 is 2.12 bits per heavy atom. The smallest absolute Gasteiger partial charge is 0.211 e. The number of hydrogen-bond donors (Lipinski definition) is 0. The van der Waals surface area contributed by atoms with Crippen molar-refractivity contribution in [3.63, 3.8) is 0 Å². The summed E-state index contributed by atoms with van der Waals surface area (Å²) in [5.74, 6) is 0.293. The lowest BCUT2D eigenvalue weighted by Crippen LogP contribution is -2.45. The zero-order chi connectivity index (χ0) is 17.4. The number of nitrogens with zero attached hydrogens (tertiary/aromatic N) is 3. The van der Waals surface area contributed by atoms with Crippen LogP contribution in [0.5, 0.6) is 0 Å². The molecule has 2 fully saturated rings. The van der Waals surface area contributed by atoms with Gasteiger partial charge in [0.05, 0.1) is 19.4 Å². The summed E-state index contributed by atoms with van der Waals surface area (Å²) in [4.78, 5) is 6.99. The fraction of sp³-hybridized carbons (Fsp3) is 0.812. The second-order valence-electron chi connectivity index (χ2n) is 7.23. The van der Waals surface area contributed by atoms with Gasteiger partial charge in [0.25, 0.3) is 0 Å². The third-order valence-corrected chi connectivity index (χ3v) is 7.66. The molecule has 136 valence electrons. The van der Waals surface area contributed by atoms with Crippen LogP contribution in [0.25, 0.3) is 0 Å². The summed E-state index contributed by atoms with van der Waals surface area (Å²) >= 11 is 1.72. The summed E-state index contributed by atoms with van der Waals surface area (Å²) in [7, 11) is -1.43. The fourth-order valence-corrected chi connectivity index (χ4v) is 5.81. The van der Waals surface area contributed by atoms with Crippen molar-refractivity contribution in [3.8, 4) is 0 Å². The number of hydrogen-bond acceptors (Lipinski definition) is 6. The largest absolute Gasteiger partial charge is 0.384 e. The second kappa shape index (κ2) is 6.99. The van der Waals surface area contributed by atoms with Crippen molar-refractivity contribution in [2.24, 2.45) is 11.3 Å². The predicted molar refractivity (Wildman–Crippen MR) is 95.6 cm³/mol. The van der Waals surface area contributed by atoms with Gasteiger partial charge in [-0.05, 0) is 38.3 Å². The van der Waals surface area contributed by atoms with Gasteiger partial charge in [0.15, 0.2) is 0 Å². The number of methoxy groups -OCH3 is 1. The molecule has 1 unspecified atom stereocenters. The van der Waals surface area contributed by atoms with Crippen molar-refractivity contribution in [1.82, 2.24) is 14.2 Å². The summed E-state index contributed by atoms with van der Waals surface area (Å²) in [6.45, 7) is 6.80. The van der Waals surface area contributed by atoms with Crippen LogP contribution in [0.15, 0.2) is 5.38 Å². The number of sulfonamides is 1. The molecule has 0 aliphatic carbocycles. The number of aromatic nitrogens is 1. The normalized spacial score (nSPS) is 25.5. The Morgan fingerprint density at radius 1 is 1.42 bits per heavy atom. The molecule has 1 aromatic rings. The molecule has 2 aliphatic heterocycles. The van der Waals surface area contributed by atoms with Crippen molar-refractivity contribution in [2.45, 2.75) is 26.3 Å². The lowest BCUT2D eigenvalue weighted by atomic mass is 9.71. The molecule has 0 saturated carbocycles. The first-order chi connectivity index (χ1) is 11.3. The first kappa shape index (κ1) is 18.3. The maximum Gasteiger partial charge on any atom is 0.211 e. The topological polar surface area (TPSA) is 62.7 Å². The fourth-order valence-electron chi connectivity index (χ4n) is 4.06. The van der Waals surface area contributed by atoms with Gasteiger partial charge in [0, 0.05) is 37.2 Å². The molecule has 3 heterocycles. The molecular formula is C16H27N3O3S2. The molecule has 24 heavy (non-hydrogen) atoms. The number of rotatable bonds is 5. The van der Waals surface area contributed by atoms with Crippen LogP contribution in [-0.2, 0) is 21.3 Å². The predicted octanol–water partition coefficient (Wildman–Crippen LogP) is 1.57. The number of thiazole rings is 1. The minimum atomic E-state index is -3.13. The molecule has 2 aliphatic rings. The van der Waals surface area contributed by atoms with Crippen LogP contribution in [0, 0.1) is 18.3 Å². The van der Waals surface area contributed by atoms with E-state index >= 15 is 0 Å². The summed E-state index contributed by atoms with van der Waals surface area (Å²) < 4.78 is 31.0. The number of piperidine rings is 1. The Bertz CT molecular complexity index is 666. The van der Waals surface area contributed by atoms with Crippen molar-refractivity contribution in [1.29, 1.82) is 0 Å². The van der Waals surface area contributed by atoms with Crippen LogP contribution in [0.1, 0.15) is 23.5 Å². The van der Waals surface area contributed by atoms with E-state index in [0.717, 1.165) is 38.2 Å². The van der Waals surface area contributed by atoms with Crippen LogP contribution < -0.4 is 0 Å². The van der Waals surface area contributed by atoms with Gasteiger partial charge in [-0.25, -0.2) is 17.7 Å². The molecule has 3 rings (SSSR count). The SMILES string of the molecule is COCC1CN(S(C)(=O)=O)CC12CCN(Cc1nc(C)cs1)CC2. The van der Waals surface area contributed by atoms with E-state index in [0.29, 0.717) is 25.6 Å². The minimum Gasteiger partial charge on any atom is -0.384 e. The van der Waals surface area contributed by atoms with Crippen LogP contribution in [-0.4, -0.2) is 68.8 Å². The molecule has 6 nitrogen and oxygen atoms in total. The molecule has 0 amide bonds. The summed E-state index contributed by atoms with van der Waals surface area (Å²) in [6, 6.07) is 0. The molecule has 0 N–H and O–H groups in total. The van der Waals surface area contributed by atoms with E-state index in [1.54, 1.807) is 22.8 Å². The Hall–Kier alpha value is -0.540. The van der Waals surface area contributed by atoms with E-state index in [4.69, 9.17) is 4.74 Å². The average molecular weight is 374 g/mol. The highest BCUT2D eigenvalue weighted by Gasteiger charge is 2.50. The van der Waals surface area contributed by atoms with E-state index < -0.39 is 10.0 Å². The first-order valence-electron chi connectivity index (χ1n) is 8.40. The maximum atomic E-state index is 12.0. The van der Waals surface area contributed by atoms with Gasteiger partial charge in [-0.15, -0.1) is 11.3 Å². The zero-order valence-electron chi connectivity index (χ0n) is 14.7. The average Bonchev–Trinajstić information content (AvgIpc) is 3.07. The summed E-state index contributed by atoms with van der Waals surface area (Å²) in [5, 5.41) is 3.26. The Kier molecular flexibility index (Phi) is 5.32. The molecule has 8 heteroatoms. The maximum absolute atomic E-state index is 12.0. The Morgan fingerprint density at radius 3 is 2.67 bits per heavy atom. The highest BCUT2D eigenvalue weighted by atomic mass is 32.2. The molecule has 0 aromatic carbocycles. The lowest BCUT2D eigenvalue weighted by Gasteiger charge is -2.42.